The van der Waals surface area contributed by atoms with Crippen LogP contribution in [0.25, 0.3) is 0 Å². The van der Waals surface area contributed by atoms with Crippen molar-refractivity contribution in [2.24, 2.45) is 11.8 Å². The summed E-state index contributed by atoms with van der Waals surface area (Å²) in [6, 6.07) is 0. The van der Waals surface area contributed by atoms with E-state index in [4.69, 9.17) is 14.2 Å². The third kappa shape index (κ3) is 6.31. The summed E-state index contributed by atoms with van der Waals surface area (Å²) in [5.41, 5.74) is 0.310. The zero-order valence-corrected chi connectivity index (χ0v) is 14.8. The van der Waals surface area contributed by atoms with Gasteiger partial charge in [0.05, 0.1) is 19.6 Å². The fourth-order valence-electron chi connectivity index (χ4n) is 2.45. The molecule has 1 amide bonds. The van der Waals surface area contributed by atoms with E-state index in [1.54, 1.807) is 6.92 Å². The van der Waals surface area contributed by atoms with Crippen LogP contribution in [0, 0.1) is 11.8 Å². The Labute approximate surface area is 142 Å². The lowest BCUT2D eigenvalue weighted by molar-refractivity contribution is -0.178. The number of ether oxygens (including phenoxy) is 3. The first kappa shape index (κ1) is 20.2. The molecule has 0 aromatic heterocycles. The van der Waals surface area contributed by atoms with Crippen LogP contribution in [0.5, 0.6) is 0 Å². The van der Waals surface area contributed by atoms with Crippen LogP contribution in [0.15, 0.2) is 12.2 Å². The highest BCUT2D eigenvalue weighted by Gasteiger charge is 2.39. The van der Waals surface area contributed by atoms with Crippen LogP contribution in [0.3, 0.4) is 0 Å². The molecule has 4 unspecified atom stereocenters. The highest BCUT2D eigenvalue weighted by Crippen LogP contribution is 2.29. The molecule has 0 aromatic carbocycles. The van der Waals surface area contributed by atoms with Gasteiger partial charge in [0.1, 0.15) is 18.8 Å². The summed E-state index contributed by atoms with van der Waals surface area (Å²) in [5, 5.41) is 2.66. The van der Waals surface area contributed by atoms with E-state index < -0.39 is 18.2 Å². The van der Waals surface area contributed by atoms with Gasteiger partial charge in [-0.2, -0.15) is 0 Å². The van der Waals surface area contributed by atoms with E-state index in [2.05, 4.69) is 11.9 Å². The van der Waals surface area contributed by atoms with Gasteiger partial charge < -0.3 is 19.5 Å². The first-order valence-corrected chi connectivity index (χ1v) is 8.10. The monoisotopic (exact) mass is 341 g/mol. The molecule has 0 spiro atoms. The molecule has 0 radical (unpaired) electrons. The number of rotatable bonds is 7. The number of carbonyl (C=O) groups excluding carboxylic acids is 3. The van der Waals surface area contributed by atoms with E-state index in [0.717, 1.165) is 0 Å². The van der Waals surface area contributed by atoms with Gasteiger partial charge in [0.2, 0.25) is 5.91 Å². The number of amides is 1. The summed E-state index contributed by atoms with van der Waals surface area (Å²) in [7, 11) is 0. The molecule has 1 saturated heterocycles. The van der Waals surface area contributed by atoms with Crippen LogP contribution < -0.4 is 5.32 Å². The SMILES string of the molecule is C=C(C)C(=O)OCCNC(=O)CC1OCC(C)C(C)C1OC(C)=O. The molecule has 4 atom stereocenters. The highest BCUT2D eigenvalue weighted by atomic mass is 16.6. The lowest BCUT2D eigenvalue weighted by atomic mass is 9.84. The topological polar surface area (TPSA) is 90.9 Å². The smallest absolute Gasteiger partial charge is 0.333 e. The summed E-state index contributed by atoms with van der Waals surface area (Å²) in [5.74, 6) is -0.767. The fourth-order valence-corrected chi connectivity index (χ4v) is 2.45. The summed E-state index contributed by atoms with van der Waals surface area (Å²) < 4.78 is 15.9. The summed E-state index contributed by atoms with van der Waals surface area (Å²) in [6.07, 6.45) is -0.833. The minimum Gasteiger partial charge on any atom is -0.460 e. The molecule has 0 aromatic rings. The van der Waals surface area contributed by atoms with E-state index in [9.17, 15) is 14.4 Å². The third-order valence-corrected chi connectivity index (χ3v) is 4.05. The van der Waals surface area contributed by atoms with Crippen molar-refractivity contribution in [1.82, 2.24) is 5.32 Å². The molecule has 0 aliphatic carbocycles. The standard InChI is InChI=1S/C17H27NO6/c1-10(2)17(21)22-7-6-18-15(20)8-14-16(24-13(5)19)12(4)11(3)9-23-14/h11-12,14,16H,1,6-9H2,2-5H3,(H,18,20). The van der Waals surface area contributed by atoms with Crippen LogP contribution in [-0.4, -0.2) is 49.8 Å². The Kier molecular flexibility index (Phi) is 7.91. The molecule has 1 N–H and O–H groups in total. The Morgan fingerprint density at radius 2 is 1.92 bits per heavy atom. The molecule has 1 aliphatic rings. The number of hydrogen-bond donors (Lipinski definition) is 1. The van der Waals surface area contributed by atoms with Crippen molar-refractivity contribution < 1.29 is 28.6 Å². The molecule has 0 saturated carbocycles. The molecule has 24 heavy (non-hydrogen) atoms. The Bertz CT molecular complexity index is 489. The average molecular weight is 341 g/mol. The van der Waals surface area contributed by atoms with Gasteiger partial charge in [0.25, 0.3) is 0 Å². The molecular formula is C17H27NO6. The number of hydrogen-bond acceptors (Lipinski definition) is 6. The second-order valence-corrected chi connectivity index (χ2v) is 6.25. The predicted molar refractivity (Wildman–Crippen MR) is 87.0 cm³/mol. The molecule has 7 nitrogen and oxygen atoms in total. The van der Waals surface area contributed by atoms with Gasteiger partial charge in [-0.05, 0) is 12.8 Å². The molecular weight excluding hydrogens is 314 g/mol. The highest BCUT2D eigenvalue weighted by molar-refractivity contribution is 5.86. The average Bonchev–Trinajstić information content (AvgIpc) is 2.50. The largest absolute Gasteiger partial charge is 0.460 e. The van der Waals surface area contributed by atoms with Gasteiger partial charge in [-0.3, -0.25) is 9.59 Å². The second kappa shape index (κ2) is 9.42. The lowest BCUT2D eigenvalue weighted by Crippen LogP contribution is -2.48. The zero-order chi connectivity index (χ0) is 18.3. The predicted octanol–water partition coefficient (Wildman–Crippen LogP) is 1.21. The van der Waals surface area contributed by atoms with Crippen molar-refractivity contribution >= 4 is 17.8 Å². The number of carbonyl (C=O) groups is 3. The Morgan fingerprint density at radius 3 is 2.50 bits per heavy atom. The van der Waals surface area contributed by atoms with Crippen molar-refractivity contribution in [2.75, 3.05) is 19.8 Å². The third-order valence-electron chi connectivity index (χ3n) is 4.05. The van der Waals surface area contributed by atoms with Gasteiger partial charge in [-0.1, -0.05) is 20.4 Å². The Balaban J connectivity index is 2.44. The molecule has 0 bridgehead atoms. The minimum absolute atomic E-state index is 0.0732. The van der Waals surface area contributed by atoms with E-state index >= 15 is 0 Å². The lowest BCUT2D eigenvalue weighted by Gasteiger charge is -2.39. The Morgan fingerprint density at radius 1 is 1.25 bits per heavy atom. The Hall–Kier alpha value is -1.89. The zero-order valence-electron chi connectivity index (χ0n) is 14.8. The van der Waals surface area contributed by atoms with E-state index in [0.29, 0.717) is 12.2 Å². The fraction of sp³-hybridized carbons (Fsp3) is 0.706. The van der Waals surface area contributed by atoms with Crippen molar-refractivity contribution in [3.63, 3.8) is 0 Å². The van der Waals surface area contributed by atoms with Crippen LogP contribution in [0.1, 0.15) is 34.1 Å². The van der Waals surface area contributed by atoms with Gasteiger partial charge in [0, 0.05) is 18.4 Å². The van der Waals surface area contributed by atoms with E-state index in [-0.39, 0.29) is 43.3 Å². The van der Waals surface area contributed by atoms with Crippen LogP contribution in [0.4, 0.5) is 0 Å². The minimum atomic E-state index is -0.488. The van der Waals surface area contributed by atoms with Crippen molar-refractivity contribution in [3.05, 3.63) is 12.2 Å². The first-order chi connectivity index (χ1) is 11.2. The molecule has 7 heteroatoms. The maximum atomic E-state index is 12.0. The first-order valence-electron chi connectivity index (χ1n) is 8.10. The van der Waals surface area contributed by atoms with Crippen LogP contribution in [0.2, 0.25) is 0 Å². The van der Waals surface area contributed by atoms with Gasteiger partial charge in [-0.15, -0.1) is 0 Å². The summed E-state index contributed by atoms with van der Waals surface area (Å²) >= 11 is 0. The van der Waals surface area contributed by atoms with E-state index in [1.165, 1.54) is 6.92 Å². The number of nitrogens with one attached hydrogen (secondary N) is 1. The van der Waals surface area contributed by atoms with Crippen molar-refractivity contribution in [3.8, 4) is 0 Å². The number of esters is 2. The van der Waals surface area contributed by atoms with Crippen LogP contribution >= 0.6 is 0 Å². The second-order valence-electron chi connectivity index (χ2n) is 6.25. The maximum absolute atomic E-state index is 12.0. The molecule has 1 aliphatic heterocycles. The van der Waals surface area contributed by atoms with E-state index in [1.807, 2.05) is 13.8 Å². The van der Waals surface area contributed by atoms with Crippen molar-refractivity contribution in [1.29, 1.82) is 0 Å². The molecule has 1 heterocycles. The summed E-state index contributed by atoms with van der Waals surface area (Å²) in [4.78, 5) is 34.5. The maximum Gasteiger partial charge on any atom is 0.333 e. The molecule has 1 fully saturated rings. The normalized spacial score (nSPS) is 26.3. The molecule has 136 valence electrons. The van der Waals surface area contributed by atoms with Gasteiger partial charge >= 0.3 is 11.9 Å². The van der Waals surface area contributed by atoms with Gasteiger partial charge in [0.15, 0.2) is 0 Å². The molecule has 1 rings (SSSR count). The van der Waals surface area contributed by atoms with Gasteiger partial charge in [-0.25, -0.2) is 4.79 Å². The van der Waals surface area contributed by atoms with Crippen molar-refractivity contribution in [2.45, 2.75) is 46.3 Å². The van der Waals surface area contributed by atoms with Crippen LogP contribution in [-0.2, 0) is 28.6 Å². The quantitative estimate of drug-likeness (QED) is 0.425. The summed E-state index contributed by atoms with van der Waals surface area (Å²) in [6.45, 7) is 11.2.